The molecule has 124 valence electrons. The summed E-state index contributed by atoms with van der Waals surface area (Å²) in [6.07, 6.45) is 2.66. The van der Waals surface area contributed by atoms with E-state index in [9.17, 15) is 4.57 Å². The molecule has 0 aliphatic carbocycles. The quantitative estimate of drug-likeness (QED) is 0.632. The second-order valence-electron chi connectivity index (χ2n) is 5.80. The molecule has 2 aromatic rings. The van der Waals surface area contributed by atoms with Crippen LogP contribution in [0.25, 0.3) is 11.1 Å². The van der Waals surface area contributed by atoms with E-state index in [4.69, 9.17) is 4.52 Å². The first-order chi connectivity index (χ1) is 11.1. The van der Waals surface area contributed by atoms with Crippen molar-refractivity contribution in [2.75, 3.05) is 6.16 Å². The minimum absolute atomic E-state index is 0.573. The van der Waals surface area contributed by atoms with Crippen LogP contribution in [0, 0.1) is 5.92 Å². The van der Waals surface area contributed by atoms with E-state index >= 15 is 0 Å². The fourth-order valence-corrected chi connectivity index (χ4v) is 5.30. The zero-order valence-electron chi connectivity index (χ0n) is 14.6. The van der Waals surface area contributed by atoms with Crippen molar-refractivity contribution in [2.45, 2.75) is 40.5 Å². The molecule has 0 spiro atoms. The molecule has 0 amide bonds. The molecule has 23 heavy (non-hydrogen) atoms. The lowest BCUT2D eigenvalue weighted by Gasteiger charge is -2.29. The molecule has 0 saturated carbocycles. The first kappa shape index (κ1) is 17.8. The Bertz CT molecular complexity index is 694. The van der Waals surface area contributed by atoms with Crippen molar-refractivity contribution in [2.24, 2.45) is 5.92 Å². The van der Waals surface area contributed by atoms with Gasteiger partial charge in [-0.2, -0.15) is 0 Å². The van der Waals surface area contributed by atoms with Gasteiger partial charge in [0.05, 0.1) is 5.30 Å². The third-order valence-corrected chi connectivity index (χ3v) is 6.77. The van der Waals surface area contributed by atoms with Crippen LogP contribution >= 0.6 is 7.37 Å². The van der Waals surface area contributed by atoms with Crippen molar-refractivity contribution in [3.63, 3.8) is 0 Å². The summed E-state index contributed by atoms with van der Waals surface area (Å²) >= 11 is 0. The molecule has 0 bridgehead atoms. The molecule has 2 nitrogen and oxygen atoms in total. The van der Waals surface area contributed by atoms with Gasteiger partial charge in [0.15, 0.2) is 0 Å². The van der Waals surface area contributed by atoms with E-state index in [1.54, 1.807) is 0 Å². The van der Waals surface area contributed by atoms with Crippen LogP contribution in [-0.2, 0) is 4.57 Å². The average Bonchev–Trinajstić information content (AvgIpc) is 2.62. The standard InChI is InChI=1S/C18H21O2P.C2H6/c1-3-14(2)12-13-21(19)18-11-7-5-9-16(18)15-8-4-6-10-17(15)20-21;1-2/h4-11,14H,3,12-13H2,1-2H3;1-2H3. The van der Waals surface area contributed by atoms with Crippen LogP contribution in [0.5, 0.6) is 5.75 Å². The maximum absolute atomic E-state index is 13.4. The van der Waals surface area contributed by atoms with Crippen LogP contribution < -0.4 is 9.83 Å². The van der Waals surface area contributed by atoms with Gasteiger partial charge in [-0.05, 0) is 30.0 Å². The van der Waals surface area contributed by atoms with Crippen molar-refractivity contribution in [1.82, 2.24) is 0 Å². The van der Waals surface area contributed by atoms with E-state index in [1.807, 2.05) is 62.4 Å². The molecule has 0 aromatic heterocycles. The Balaban J connectivity index is 0.000000924. The smallest absolute Gasteiger partial charge is 0.277 e. The van der Waals surface area contributed by atoms with Gasteiger partial charge in [0.1, 0.15) is 5.75 Å². The summed E-state index contributed by atoms with van der Waals surface area (Å²) in [4.78, 5) is 0. The molecule has 0 fully saturated rings. The van der Waals surface area contributed by atoms with Gasteiger partial charge >= 0.3 is 0 Å². The van der Waals surface area contributed by atoms with E-state index < -0.39 is 7.37 Å². The van der Waals surface area contributed by atoms with Gasteiger partial charge in [0, 0.05) is 11.7 Å². The maximum atomic E-state index is 13.4. The summed E-state index contributed by atoms with van der Waals surface area (Å²) < 4.78 is 19.4. The molecule has 1 heterocycles. The van der Waals surface area contributed by atoms with E-state index in [0.29, 0.717) is 12.1 Å². The Morgan fingerprint density at radius 3 is 2.30 bits per heavy atom. The maximum Gasteiger partial charge on any atom is 0.277 e. The first-order valence-electron chi connectivity index (χ1n) is 8.61. The van der Waals surface area contributed by atoms with Crippen molar-refractivity contribution < 1.29 is 9.09 Å². The minimum Gasteiger partial charge on any atom is -0.439 e. The van der Waals surface area contributed by atoms with Crippen LogP contribution in [0.1, 0.15) is 40.5 Å². The topological polar surface area (TPSA) is 26.3 Å². The highest BCUT2D eigenvalue weighted by molar-refractivity contribution is 7.67. The van der Waals surface area contributed by atoms with Gasteiger partial charge in [0.2, 0.25) is 0 Å². The molecule has 3 rings (SSSR count). The second kappa shape index (κ2) is 7.84. The predicted molar refractivity (Wildman–Crippen MR) is 100 cm³/mol. The summed E-state index contributed by atoms with van der Waals surface area (Å²) in [6, 6.07) is 15.8. The largest absolute Gasteiger partial charge is 0.439 e. The Kier molecular flexibility index (Phi) is 6.07. The average molecular weight is 330 g/mol. The highest BCUT2D eigenvalue weighted by Gasteiger charge is 2.35. The SMILES string of the molecule is CC.CCC(C)CCP1(=O)Oc2ccccc2-c2ccccc21. The summed E-state index contributed by atoms with van der Waals surface area (Å²) in [5.74, 6) is 1.33. The van der Waals surface area contributed by atoms with E-state index in [-0.39, 0.29) is 0 Å². The van der Waals surface area contributed by atoms with Crippen LogP contribution in [0.3, 0.4) is 0 Å². The molecule has 2 unspecified atom stereocenters. The van der Waals surface area contributed by atoms with Crippen molar-refractivity contribution in [3.05, 3.63) is 48.5 Å². The molecule has 0 radical (unpaired) electrons. The van der Waals surface area contributed by atoms with E-state index in [2.05, 4.69) is 13.8 Å². The molecule has 3 heteroatoms. The molecular weight excluding hydrogens is 303 g/mol. The van der Waals surface area contributed by atoms with Gasteiger partial charge in [-0.25, -0.2) is 0 Å². The fraction of sp³-hybridized carbons (Fsp3) is 0.400. The number of hydrogen-bond acceptors (Lipinski definition) is 2. The first-order valence-corrected chi connectivity index (χ1v) is 10.4. The number of para-hydroxylation sites is 1. The van der Waals surface area contributed by atoms with Gasteiger partial charge in [-0.3, -0.25) is 4.57 Å². The Morgan fingerprint density at radius 1 is 1.00 bits per heavy atom. The second-order valence-corrected chi connectivity index (χ2v) is 8.26. The Morgan fingerprint density at radius 2 is 1.61 bits per heavy atom. The monoisotopic (exact) mass is 330 g/mol. The van der Waals surface area contributed by atoms with Gasteiger partial charge < -0.3 is 4.52 Å². The summed E-state index contributed by atoms with van der Waals surface area (Å²) in [6.45, 7) is 8.38. The number of hydrogen-bond donors (Lipinski definition) is 0. The number of fused-ring (bicyclic) bond motifs is 3. The molecule has 0 N–H and O–H groups in total. The van der Waals surface area contributed by atoms with E-state index in [0.717, 1.165) is 35.0 Å². The molecule has 2 aromatic carbocycles. The lowest BCUT2D eigenvalue weighted by molar-refractivity contribution is 0.475. The van der Waals surface area contributed by atoms with Crippen molar-refractivity contribution >= 4 is 12.7 Å². The van der Waals surface area contributed by atoms with Crippen LogP contribution in [0.2, 0.25) is 0 Å². The van der Waals surface area contributed by atoms with Gasteiger partial charge in [-0.15, -0.1) is 0 Å². The van der Waals surface area contributed by atoms with Crippen LogP contribution in [0.4, 0.5) is 0 Å². The molecule has 1 aliphatic heterocycles. The van der Waals surface area contributed by atoms with Crippen LogP contribution in [-0.4, -0.2) is 6.16 Å². The summed E-state index contributed by atoms with van der Waals surface area (Å²) in [7, 11) is -2.80. The third kappa shape index (κ3) is 3.70. The van der Waals surface area contributed by atoms with Crippen molar-refractivity contribution in [3.8, 4) is 16.9 Å². The molecular formula is C20H27O2P. The highest BCUT2D eigenvalue weighted by atomic mass is 31.2. The van der Waals surface area contributed by atoms with Crippen molar-refractivity contribution in [1.29, 1.82) is 0 Å². The normalized spacial score (nSPS) is 19.5. The lowest BCUT2D eigenvalue weighted by Crippen LogP contribution is -2.20. The zero-order chi connectivity index (χ0) is 16.9. The summed E-state index contributed by atoms with van der Waals surface area (Å²) in [5.41, 5.74) is 2.11. The predicted octanol–water partition coefficient (Wildman–Crippen LogP) is 6.11. The minimum atomic E-state index is -2.80. The fourth-order valence-electron chi connectivity index (χ4n) is 2.74. The van der Waals surface area contributed by atoms with E-state index in [1.165, 1.54) is 0 Å². The Labute approximate surface area is 140 Å². The summed E-state index contributed by atoms with van der Waals surface area (Å²) in [5, 5.41) is 0.881. The van der Waals surface area contributed by atoms with Gasteiger partial charge in [0.25, 0.3) is 7.37 Å². The van der Waals surface area contributed by atoms with Gasteiger partial charge in [-0.1, -0.05) is 70.5 Å². The number of rotatable bonds is 4. The highest BCUT2D eigenvalue weighted by Crippen LogP contribution is 2.55. The molecule has 2 atom stereocenters. The zero-order valence-corrected chi connectivity index (χ0v) is 15.5. The molecule has 1 aliphatic rings. The number of benzene rings is 2. The molecule has 0 saturated heterocycles. The lowest BCUT2D eigenvalue weighted by atomic mass is 10.0. The van der Waals surface area contributed by atoms with Crippen LogP contribution in [0.15, 0.2) is 48.5 Å². The Hall–Kier alpha value is -1.53. The third-order valence-electron chi connectivity index (χ3n) is 4.31.